The number of amides is 1. The van der Waals surface area contributed by atoms with Crippen LogP contribution in [0, 0.1) is 0 Å². The van der Waals surface area contributed by atoms with Crippen LogP contribution in [0.1, 0.15) is 5.56 Å². The van der Waals surface area contributed by atoms with Crippen LogP contribution in [0.5, 0.6) is 11.5 Å². The Morgan fingerprint density at radius 1 is 0.871 bits per heavy atom. The third kappa shape index (κ3) is 4.90. The van der Waals surface area contributed by atoms with Gasteiger partial charge in [-0.15, -0.1) is 0 Å². The fraction of sp³-hybridized carbons (Fsp3) is 0.0769. The van der Waals surface area contributed by atoms with Crippen LogP contribution in [0.3, 0.4) is 0 Å². The maximum absolute atomic E-state index is 12.1. The Bertz CT molecular complexity index is 1200. The maximum Gasteiger partial charge on any atom is 0.277 e. The first kappa shape index (κ1) is 20.2. The molecule has 0 unspecified atom stereocenters. The van der Waals surface area contributed by atoms with E-state index < -0.39 is 0 Å². The average Bonchev–Trinajstić information content (AvgIpc) is 2.83. The molecule has 0 aromatic heterocycles. The van der Waals surface area contributed by atoms with Gasteiger partial charge in [-0.05, 0) is 40.1 Å². The highest BCUT2D eigenvalue weighted by Crippen LogP contribution is 2.26. The van der Waals surface area contributed by atoms with Gasteiger partial charge in [0.25, 0.3) is 5.91 Å². The zero-order valence-electron chi connectivity index (χ0n) is 17.1. The molecular formula is C26H22N2O3. The summed E-state index contributed by atoms with van der Waals surface area (Å²) in [5.41, 5.74) is 5.53. The van der Waals surface area contributed by atoms with Gasteiger partial charge in [-0.25, -0.2) is 5.43 Å². The lowest BCUT2D eigenvalue weighted by molar-refractivity contribution is -0.123. The van der Waals surface area contributed by atoms with Crippen molar-refractivity contribution in [2.75, 3.05) is 13.7 Å². The third-order valence-electron chi connectivity index (χ3n) is 4.86. The van der Waals surface area contributed by atoms with Crippen molar-refractivity contribution in [2.24, 2.45) is 5.10 Å². The van der Waals surface area contributed by atoms with Crippen molar-refractivity contribution < 1.29 is 14.3 Å². The number of carbonyl (C=O) groups is 1. The van der Waals surface area contributed by atoms with Gasteiger partial charge in [-0.3, -0.25) is 4.79 Å². The topological polar surface area (TPSA) is 59.9 Å². The number of methoxy groups -OCH3 is 1. The average molecular weight is 410 g/mol. The predicted molar refractivity (Wildman–Crippen MR) is 124 cm³/mol. The first-order valence-electron chi connectivity index (χ1n) is 9.90. The van der Waals surface area contributed by atoms with Crippen LogP contribution in [-0.4, -0.2) is 25.8 Å². The molecule has 0 fully saturated rings. The first-order chi connectivity index (χ1) is 15.2. The van der Waals surface area contributed by atoms with Gasteiger partial charge in [0, 0.05) is 5.56 Å². The van der Waals surface area contributed by atoms with Crippen LogP contribution >= 0.6 is 0 Å². The molecule has 0 atom stereocenters. The summed E-state index contributed by atoms with van der Waals surface area (Å²) < 4.78 is 11.0. The standard InChI is InChI=1S/C26H22N2O3/c1-30-25-16-13-21-9-5-6-10-23(21)24(25)17-27-28-26(29)18-31-22-14-11-20(12-15-22)19-7-3-2-4-8-19/h2-17H,18H2,1H3,(H,28,29)/b27-17+. The van der Waals surface area contributed by atoms with E-state index in [0.717, 1.165) is 27.5 Å². The second kappa shape index (κ2) is 9.59. The zero-order chi connectivity index (χ0) is 21.5. The normalized spacial score (nSPS) is 10.9. The molecule has 0 aliphatic heterocycles. The van der Waals surface area contributed by atoms with Crippen molar-refractivity contribution in [2.45, 2.75) is 0 Å². The number of nitrogens with zero attached hydrogens (tertiary/aromatic N) is 1. The van der Waals surface area contributed by atoms with E-state index in [-0.39, 0.29) is 12.5 Å². The summed E-state index contributed by atoms with van der Waals surface area (Å²) in [6.07, 6.45) is 1.59. The van der Waals surface area contributed by atoms with Crippen LogP contribution in [0.2, 0.25) is 0 Å². The number of rotatable bonds is 7. The summed E-state index contributed by atoms with van der Waals surface area (Å²) in [7, 11) is 1.61. The quantitative estimate of drug-likeness (QED) is 0.343. The molecule has 0 heterocycles. The van der Waals surface area contributed by atoms with Gasteiger partial charge in [0.2, 0.25) is 0 Å². The Labute approximate surface area is 180 Å². The van der Waals surface area contributed by atoms with E-state index in [1.54, 1.807) is 13.3 Å². The Morgan fingerprint density at radius 3 is 2.35 bits per heavy atom. The smallest absolute Gasteiger partial charge is 0.277 e. The van der Waals surface area contributed by atoms with Gasteiger partial charge in [-0.1, -0.05) is 72.8 Å². The number of nitrogens with one attached hydrogen (secondary N) is 1. The molecule has 31 heavy (non-hydrogen) atoms. The van der Waals surface area contributed by atoms with Crippen LogP contribution in [0.4, 0.5) is 0 Å². The lowest BCUT2D eigenvalue weighted by Crippen LogP contribution is -2.24. The van der Waals surface area contributed by atoms with E-state index in [0.29, 0.717) is 11.5 Å². The maximum atomic E-state index is 12.1. The SMILES string of the molecule is COc1ccc2ccccc2c1/C=N/NC(=O)COc1ccc(-c2ccccc2)cc1. The Morgan fingerprint density at radius 2 is 1.58 bits per heavy atom. The van der Waals surface area contributed by atoms with E-state index in [2.05, 4.69) is 10.5 Å². The van der Waals surface area contributed by atoms with E-state index in [4.69, 9.17) is 9.47 Å². The number of benzene rings is 4. The number of hydrogen-bond acceptors (Lipinski definition) is 4. The Hall–Kier alpha value is -4.12. The third-order valence-corrected chi connectivity index (χ3v) is 4.86. The van der Waals surface area contributed by atoms with Gasteiger partial charge in [0.1, 0.15) is 11.5 Å². The van der Waals surface area contributed by atoms with Gasteiger partial charge >= 0.3 is 0 Å². The summed E-state index contributed by atoms with van der Waals surface area (Å²) in [5, 5.41) is 6.14. The molecule has 0 radical (unpaired) electrons. The van der Waals surface area contributed by atoms with E-state index in [9.17, 15) is 4.79 Å². The largest absolute Gasteiger partial charge is 0.496 e. The number of fused-ring (bicyclic) bond motifs is 1. The summed E-state index contributed by atoms with van der Waals surface area (Å²) in [4.78, 5) is 12.1. The molecule has 0 saturated carbocycles. The molecule has 0 aliphatic rings. The molecule has 4 rings (SSSR count). The monoisotopic (exact) mass is 410 g/mol. The molecule has 1 amide bonds. The van der Waals surface area contributed by atoms with Crippen LogP contribution in [0.15, 0.2) is 96.1 Å². The summed E-state index contributed by atoms with van der Waals surface area (Å²) in [6.45, 7) is -0.130. The summed E-state index contributed by atoms with van der Waals surface area (Å²) in [6, 6.07) is 29.5. The van der Waals surface area contributed by atoms with Crippen LogP contribution in [-0.2, 0) is 4.79 Å². The molecule has 5 nitrogen and oxygen atoms in total. The lowest BCUT2D eigenvalue weighted by atomic mass is 10.0. The fourth-order valence-corrected chi connectivity index (χ4v) is 3.31. The van der Waals surface area contributed by atoms with Crippen molar-refractivity contribution in [3.63, 3.8) is 0 Å². The second-order valence-corrected chi connectivity index (χ2v) is 6.87. The van der Waals surface area contributed by atoms with Gasteiger partial charge in [0.15, 0.2) is 6.61 Å². The summed E-state index contributed by atoms with van der Waals surface area (Å²) in [5.74, 6) is 0.962. The fourth-order valence-electron chi connectivity index (χ4n) is 3.31. The molecule has 0 saturated heterocycles. The van der Waals surface area contributed by atoms with E-state index >= 15 is 0 Å². The van der Waals surface area contributed by atoms with Gasteiger partial charge in [0.05, 0.1) is 13.3 Å². The highest BCUT2D eigenvalue weighted by atomic mass is 16.5. The molecule has 4 aromatic rings. The lowest BCUT2D eigenvalue weighted by Gasteiger charge is -2.09. The van der Waals surface area contributed by atoms with Crippen LogP contribution in [0.25, 0.3) is 21.9 Å². The van der Waals surface area contributed by atoms with Crippen molar-refractivity contribution >= 4 is 22.9 Å². The van der Waals surface area contributed by atoms with Crippen molar-refractivity contribution in [3.05, 3.63) is 96.6 Å². The predicted octanol–water partition coefficient (Wildman–Crippen LogP) is 5.04. The molecular weight excluding hydrogens is 388 g/mol. The minimum absolute atomic E-state index is 0.130. The molecule has 154 valence electrons. The highest BCUT2D eigenvalue weighted by Gasteiger charge is 2.07. The molecule has 0 bridgehead atoms. The van der Waals surface area contributed by atoms with Gasteiger partial charge < -0.3 is 9.47 Å². The second-order valence-electron chi connectivity index (χ2n) is 6.87. The molecule has 5 heteroatoms. The van der Waals surface area contributed by atoms with Crippen molar-refractivity contribution in [1.82, 2.24) is 5.43 Å². The minimum Gasteiger partial charge on any atom is -0.496 e. The first-order valence-corrected chi connectivity index (χ1v) is 9.90. The molecule has 1 N–H and O–H groups in total. The van der Waals surface area contributed by atoms with E-state index in [1.807, 2.05) is 91.0 Å². The number of ether oxygens (including phenoxy) is 2. The number of hydrogen-bond donors (Lipinski definition) is 1. The van der Waals surface area contributed by atoms with Crippen molar-refractivity contribution in [3.8, 4) is 22.6 Å². The number of carbonyl (C=O) groups excluding carboxylic acids is 1. The van der Waals surface area contributed by atoms with Gasteiger partial charge in [-0.2, -0.15) is 5.10 Å². The summed E-state index contributed by atoms with van der Waals surface area (Å²) >= 11 is 0. The molecule has 0 spiro atoms. The minimum atomic E-state index is -0.345. The van der Waals surface area contributed by atoms with E-state index in [1.165, 1.54) is 0 Å². The zero-order valence-corrected chi connectivity index (χ0v) is 17.1. The molecule has 4 aromatic carbocycles. The Kier molecular flexibility index (Phi) is 6.24. The Balaban J connectivity index is 1.36. The van der Waals surface area contributed by atoms with Crippen LogP contribution < -0.4 is 14.9 Å². The molecule has 0 aliphatic carbocycles. The van der Waals surface area contributed by atoms with Crippen molar-refractivity contribution in [1.29, 1.82) is 0 Å². The number of hydrazone groups is 1. The highest BCUT2D eigenvalue weighted by molar-refractivity contribution is 6.02.